The van der Waals surface area contributed by atoms with Crippen molar-refractivity contribution in [1.29, 1.82) is 0 Å². The minimum atomic E-state index is 0.640. The van der Waals surface area contributed by atoms with Crippen molar-refractivity contribution in [1.82, 2.24) is 9.97 Å². The number of nitrogen functional groups attached to an aromatic ring is 1. The Kier molecular flexibility index (Phi) is 2.59. The quantitative estimate of drug-likeness (QED) is 0.695. The summed E-state index contributed by atoms with van der Waals surface area (Å²) in [6.07, 6.45) is 5.69. The van der Waals surface area contributed by atoms with Crippen molar-refractivity contribution in [3.8, 4) is 0 Å². The molecule has 18 heavy (non-hydrogen) atoms. The highest BCUT2D eigenvalue weighted by Gasteiger charge is 2.06. The van der Waals surface area contributed by atoms with Crippen LogP contribution in [0.25, 0.3) is 21.7 Å². The number of pyridine rings is 2. The SMILES string of the molecule is CCCc1cc2ccc3ccncc3c2nc1N. The van der Waals surface area contributed by atoms with Gasteiger partial charge in [0.2, 0.25) is 0 Å². The lowest BCUT2D eigenvalue weighted by molar-refractivity contribution is 0.921. The zero-order valence-electron chi connectivity index (χ0n) is 10.4. The Bertz CT molecular complexity index is 719. The van der Waals surface area contributed by atoms with E-state index < -0.39 is 0 Å². The third kappa shape index (κ3) is 1.68. The third-order valence-electron chi connectivity index (χ3n) is 3.24. The summed E-state index contributed by atoms with van der Waals surface area (Å²) >= 11 is 0. The summed E-state index contributed by atoms with van der Waals surface area (Å²) in [6.45, 7) is 2.15. The molecule has 0 amide bonds. The smallest absolute Gasteiger partial charge is 0.127 e. The predicted octanol–water partition coefficient (Wildman–Crippen LogP) is 3.32. The van der Waals surface area contributed by atoms with Crippen LogP contribution >= 0.6 is 0 Å². The molecule has 0 saturated heterocycles. The lowest BCUT2D eigenvalue weighted by Crippen LogP contribution is -1.98. The number of hydrogen-bond acceptors (Lipinski definition) is 3. The molecule has 90 valence electrons. The molecule has 0 unspecified atom stereocenters. The average molecular weight is 237 g/mol. The van der Waals surface area contributed by atoms with Crippen LogP contribution in [0.5, 0.6) is 0 Å². The molecule has 0 fully saturated rings. The fourth-order valence-corrected chi connectivity index (χ4v) is 2.33. The summed E-state index contributed by atoms with van der Waals surface area (Å²) in [5, 5.41) is 3.34. The van der Waals surface area contributed by atoms with Crippen LogP contribution in [0.1, 0.15) is 18.9 Å². The highest BCUT2D eigenvalue weighted by atomic mass is 14.8. The molecule has 3 nitrogen and oxygen atoms in total. The minimum absolute atomic E-state index is 0.640. The van der Waals surface area contributed by atoms with E-state index in [0.29, 0.717) is 5.82 Å². The van der Waals surface area contributed by atoms with Gasteiger partial charge in [-0.15, -0.1) is 0 Å². The molecule has 0 saturated carbocycles. The van der Waals surface area contributed by atoms with Gasteiger partial charge in [-0.25, -0.2) is 4.98 Å². The first-order valence-corrected chi connectivity index (χ1v) is 6.21. The van der Waals surface area contributed by atoms with Crippen LogP contribution in [0.4, 0.5) is 5.82 Å². The number of benzene rings is 1. The van der Waals surface area contributed by atoms with Crippen molar-refractivity contribution in [3.05, 3.63) is 42.2 Å². The van der Waals surface area contributed by atoms with E-state index in [4.69, 9.17) is 5.73 Å². The number of nitrogens with zero attached hydrogens (tertiary/aromatic N) is 2. The van der Waals surface area contributed by atoms with E-state index in [1.54, 1.807) is 6.20 Å². The van der Waals surface area contributed by atoms with E-state index >= 15 is 0 Å². The molecule has 0 radical (unpaired) electrons. The number of rotatable bonds is 2. The Labute approximate surface area is 106 Å². The fourth-order valence-electron chi connectivity index (χ4n) is 2.33. The van der Waals surface area contributed by atoms with Crippen molar-refractivity contribution in [3.63, 3.8) is 0 Å². The molecule has 2 aromatic heterocycles. The molecule has 0 bridgehead atoms. The van der Waals surface area contributed by atoms with Crippen molar-refractivity contribution < 1.29 is 0 Å². The lowest BCUT2D eigenvalue weighted by Gasteiger charge is -2.08. The van der Waals surface area contributed by atoms with Crippen LogP contribution in [0.3, 0.4) is 0 Å². The highest BCUT2D eigenvalue weighted by Crippen LogP contribution is 2.26. The first-order chi connectivity index (χ1) is 8.79. The Hall–Kier alpha value is -2.16. The minimum Gasteiger partial charge on any atom is -0.383 e. The number of aryl methyl sites for hydroxylation is 1. The Morgan fingerprint density at radius 2 is 2.00 bits per heavy atom. The number of anilines is 1. The molecule has 0 aliphatic heterocycles. The van der Waals surface area contributed by atoms with Gasteiger partial charge in [-0.1, -0.05) is 25.5 Å². The fraction of sp³-hybridized carbons (Fsp3) is 0.200. The second-order valence-electron chi connectivity index (χ2n) is 4.52. The van der Waals surface area contributed by atoms with Crippen LogP contribution < -0.4 is 5.73 Å². The second kappa shape index (κ2) is 4.26. The third-order valence-corrected chi connectivity index (χ3v) is 3.24. The standard InChI is InChI=1S/C15H15N3/c1-2-3-12-8-11-5-4-10-6-7-17-9-13(10)14(11)18-15(12)16/h4-9H,2-3H2,1H3,(H2,16,18). The molecule has 3 aromatic rings. The summed E-state index contributed by atoms with van der Waals surface area (Å²) in [6, 6.07) is 8.34. The van der Waals surface area contributed by atoms with Gasteiger partial charge < -0.3 is 5.73 Å². The van der Waals surface area contributed by atoms with Gasteiger partial charge in [0.25, 0.3) is 0 Å². The van der Waals surface area contributed by atoms with Gasteiger partial charge >= 0.3 is 0 Å². The van der Waals surface area contributed by atoms with Gasteiger partial charge in [0.1, 0.15) is 5.82 Å². The van der Waals surface area contributed by atoms with E-state index in [0.717, 1.165) is 40.1 Å². The van der Waals surface area contributed by atoms with Gasteiger partial charge in [-0.05, 0) is 29.5 Å². The number of hydrogen-bond donors (Lipinski definition) is 1. The highest BCUT2D eigenvalue weighted by molar-refractivity contribution is 6.05. The number of fused-ring (bicyclic) bond motifs is 3. The maximum Gasteiger partial charge on any atom is 0.127 e. The zero-order valence-corrected chi connectivity index (χ0v) is 10.4. The molecular weight excluding hydrogens is 222 g/mol. The molecule has 3 heteroatoms. The van der Waals surface area contributed by atoms with Crippen molar-refractivity contribution in [2.24, 2.45) is 0 Å². The van der Waals surface area contributed by atoms with Crippen LogP contribution in [0.15, 0.2) is 36.7 Å². The summed E-state index contributed by atoms with van der Waals surface area (Å²) in [4.78, 5) is 8.73. The summed E-state index contributed by atoms with van der Waals surface area (Å²) in [5.74, 6) is 0.640. The molecule has 3 rings (SSSR count). The van der Waals surface area contributed by atoms with Gasteiger partial charge in [0.15, 0.2) is 0 Å². The summed E-state index contributed by atoms with van der Waals surface area (Å²) in [5.41, 5.74) is 8.11. The molecule has 0 aliphatic rings. The molecule has 1 aromatic carbocycles. The van der Waals surface area contributed by atoms with Crippen molar-refractivity contribution in [2.45, 2.75) is 19.8 Å². The molecule has 0 aliphatic carbocycles. The number of nitrogens with two attached hydrogens (primary N) is 1. The van der Waals surface area contributed by atoms with Crippen molar-refractivity contribution >= 4 is 27.5 Å². The average Bonchev–Trinajstić information content (AvgIpc) is 2.40. The van der Waals surface area contributed by atoms with Gasteiger partial charge in [-0.3, -0.25) is 4.98 Å². The molecule has 2 heterocycles. The maximum atomic E-state index is 6.03. The van der Waals surface area contributed by atoms with Crippen molar-refractivity contribution in [2.75, 3.05) is 5.73 Å². The van der Waals surface area contributed by atoms with E-state index in [2.05, 4.69) is 35.1 Å². The largest absolute Gasteiger partial charge is 0.383 e. The predicted molar refractivity (Wildman–Crippen MR) is 75.5 cm³/mol. The molecular formula is C15H15N3. The Morgan fingerprint density at radius 1 is 1.17 bits per heavy atom. The van der Waals surface area contributed by atoms with Crippen LogP contribution in [0, 0.1) is 0 Å². The van der Waals surface area contributed by atoms with Gasteiger partial charge in [0.05, 0.1) is 5.52 Å². The lowest BCUT2D eigenvalue weighted by atomic mass is 10.0. The zero-order chi connectivity index (χ0) is 12.5. The first kappa shape index (κ1) is 11.0. The molecule has 0 spiro atoms. The Balaban J connectivity index is 2.35. The van der Waals surface area contributed by atoms with E-state index in [-0.39, 0.29) is 0 Å². The number of aromatic nitrogens is 2. The monoisotopic (exact) mass is 237 g/mol. The van der Waals surface area contributed by atoms with Gasteiger partial charge in [0, 0.05) is 23.2 Å². The van der Waals surface area contributed by atoms with E-state index in [9.17, 15) is 0 Å². The topological polar surface area (TPSA) is 51.8 Å². The van der Waals surface area contributed by atoms with E-state index in [1.165, 1.54) is 0 Å². The van der Waals surface area contributed by atoms with E-state index in [1.807, 2.05) is 12.3 Å². The second-order valence-corrected chi connectivity index (χ2v) is 4.52. The van der Waals surface area contributed by atoms with Gasteiger partial charge in [-0.2, -0.15) is 0 Å². The first-order valence-electron chi connectivity index (χ1n) is 6.21. The maximum absolute atomic E-state index is 6.03. The summed E-state index contributed by atoms with van der Waals surface area (Å²) in [7, 11) is 0. The molecule has 0 atom stereocenters. The normalized spacial score (nSPS) is 11.2. The summed E-state index contributed by atoms with van der Waals surface area (Å²) < 4.78 is 0. The van der Waals surface area contributed by atoms with Crippen LogP contribution in [-0.4, -0.2) is 9.97 Å². The van der Waals surface area contributed by atoms with Crippen LogP contribution in [0.2, 0.25) is 0 Å². The Morgan fingerprint density at radius 3 is 2.83 bits per heavy atom. The molecule has 2 N–H and O–H groups in total. The van der Waals surface area contributed by atoms with Crippen LogP contribution in [-0.2, 0) is 6.42 Å².